The molecule has 8 nitrogen and oxygen atoms in total. The Morgan fingerprint density at radius 3 is 2.07 bits per heavy atom. The van der Waals surface area contributed by atoms with E-state index in [0.29, 0.717) is 23.9 Å². The molecule has 2 aromatic rings. The molecular weight excluding hydrogens is 540 g/mol. The molecule has 43 heavy (non-hydrogen) atoms. The topological polar surface area (TPSA) is 119 Å². The van der Waals surface area contributed by atoms with Crippen LogP contribution in [0.25, 0.3) is 0 Å². The molecule has 0 spiro atoms. The van der Waals surface area contributed by atoms with E-state index >= 15 is 0 Å². The van der Waals surface area contributed by atoms with E-state index in [1.54, 1.807) is 6.21 Å². The predicted molar refractivity (Wildman–Crippen MR) is 172 cm³/mol. The Hall–Kier alpha value is -3.36. The lowest BCUT2D eigenvalue weighted by molar-refractivity contribution is -0.156. The number of hydroxylamine groups is 2. The number of carbonyl (C=O) groups is 3. The molecular formula is C35H49N4O4-. The van der Waals surface area contributed by atoms with Crippen molar-refractivity contribution in [1.82, 2.24) is 9.96 Å². The Labute approximate surface area is 257 Å². The number of carbonyl (C=O) groups excluding carboxylic acids is 3. The van der Waals surface area contributed by atoms with Gasteiger partial charge in [-0.15, -0.1) is 0 Å². The standard InChI is InChI=1S/C35H49N4O4/c1-4-14-32(38(33(40)21-26(2)3)34(41)31(36)23-28-17-10-6-11-18-28)35(42)39(43)30(22-27-15-8-5-9-16-27)25-37-24-29-19-12-7-13-20-29/h5-6,8-11,15-18,25-26,29-32H,4,7,12-14,19-24,36H2,1-3H3/q-1/t30-,31-,32-/m0/s1. The third-order valence-corrected chi connectivity index (χ3v) is 8.04. The zero-order chi connectivity index (χ0) is 31.2. The van der Waals surface area contributed by atoms with Crippen LogP contribution in [0.15, 0.2) is 65.7 Å². The van der Waals surface area contributed by atoms with Gasteiger partial charge in [0.15, 0.2) is 0 Å². The van der Waals surface area contributed by atoms with Crippen molar-refractivity contribution in [1.29, 1.82) is 0 Å². The van der Waals surface area contributed by atoms with Gasteiger partial charge in [0, 0.05) is 19.2 Å². The number of aliphatic imine (C=N–C) groups is 1. The summed E-state index contributed by atoms with van der Waals surface area (Å²) >= 11 is 0. The number of hydrogen-bond acceptors (Lipinski definition) is 6. The van der Waals surface area contributed by atoms with Crippen LogP contribution in [0, 0.1) is 17.0 Å². The van der Waals surface area contributed by atoms with Gasteiger partial charge in [0.2, 0.25) is 17.7 Å². The van der Waals surface area contributed by atoms with Crippen molar-refractivity contribution in [3.63, 3.8) is 0 Å². The fourth-order valence-electron chi connectivity index (χ4n) is 5.73. The third-order valence-electron chi connectivity index (χ3n) is 8.04. The highest BCUT2D eigenvalue weighted by molar-refractivity contribution is 6.02. The van der Waals surface area contributed by atoms with Crippen molar-refractivity contribution in [2.45, 2.75) is 103 Å². The maximum absolute atomic E-state index is 14.0. The van der Waals surface area contributed by atoms with Crippen LogP contribution in [0.4, 0.5) is 0 Å². The minimum Gasteiger partial charge on any atom is -0.756 e. The molecule has 3 rings (SSSR count). The fraction of sp³-hybridized carbons (Fsp3) is 0.543. The number of hydrogen-bond donors (Lipinski definition) is 1. The molecule has 3 atom stereocenters. The summed E-state index contributed by atoms with van der Waals surface area (Å²) in [5, 5.41) is 14.3. The maximum atomic E-state index is 14.0. The number of nitrogens with zero attached hydrogens (tertiary/aromatic N) is 3. The molecule has 1 saturated carbocycles. The average Bonchev–Trinajstić information content (AvgIpc) is 3.00. The summed E-state index contributed by atoms with van der Waals surface area (Å²) in [6.45, 7) is 6.23. The van der Waals surface area contributed by atoms with E-state index < -0.39 is 35.8 Å². The minimum absolute atomic E-state index is 0.0494. The summed E-state index contributed by atoms with van der Waals surface area (Å²) in [5.41, 5.74) is 8.10. The van der Waals surface area contributed by atoms with Gasteiger partial charge in [0.1, 0.15) is 6.04 Å². The highest BCUT2D eigenvalue weighted by Crippen LogP contribution is 2.24. The van der Waals surface area contributed by atoms with Gasteiger partial charge in [-0.3, -0.25) is 24.3 Å². The van der Waals surface area contributed by atoms with Crippen molar-refractivity contribution >= 4 is 23.9 Å². The smallest absolute Gasteiger partial charge is 0.247 e. The molecule has 3 amide bonds. The number of imide groups is 1. The number of benzene rings is 2. The second-order valence-corrected chi connectivity index (χ2v) is 12.2. The number of rotatable bonds is 15. The van der Waals surface area contributed by atoms with Crippen molar-refractivity contribution in [2.24, 2.45) is 22.6 Å². The van der Waals surface area contributed by atoms with Crippen LogP contribution >= 0.6 is 0 Å². The molecule has 0 aliphatic heterocycles. The Morgan fingerprint density at radius 1 is 0.930 bits per heavy atom. The van der Waals surface area contributed by atoms with Crippen LogP contribution in [0.3, 0.4) is 0 Å². The van der Waals surface area contributed by atoms with E-state index in [1.807, 2.05) is 81.4 Å². The fourth-order valence-corrected chi connectivity index (χ4v) is 5.73. The van der Waals surface area contributed by atoms with Gasteiger partial charge in [-0.2, -0.15) is 0 Å². The third kappa shape index (κ3) is 10.7. The molecule has 2 aromatic carbocycles. The molecule has 1 fully saturated rings. The number of nitrogens with two attached hydrogens (primary N) is 1. The minimum atomic E-state index is -1.24. The van der Waals surface area contributed by atoms with E-state index in [9.17, 15) is 19.6 Å². The van der Waals surface area contributed by atoms with Crippen molar-refractivity contribution in [3.8, 4) is 0 Å². The first kappa shape index (κ1) is 34.1. The molecule has 234 valence electrons. The average molecular weight is 590 g/mol. The SMILES string of the molecule is CCC[C@@H](C(=O)N([O-])[C@H](C=NCC1CCCCC1)Cc1ccccc1)N(C(=O)CC(C)C)C(=O)[C@@H](N)Cc1ccccc1. The normalized spacial score (nSPS) is 16.1. The van der Waals surface area contributed by atoms with Gasteiger partial charge in [0.05, 0.1) is 12.1 Å². The maximum Gasteiger partial charge on any atom is 0.247 e. The first-order chi connectivity index (χ1) is 20.7. The Bertz CT molecular complexity index is 1160. The molecule has 1 aliphatic carbocycles. The zero-order valence-corrected chi connectivity index (χ0v) is 26.1. The monoisotopic (exact) mass is 589 g/mol. The summed E-state index contributed by atoms with van der Waals surface area (Å²) in [4.78, 5) is 47.0. The van der Waals surface area contributed by atoms with Gasteiger partial charge in [0.25, 0.3) is 0 Å². The van der Waals surface area contributed by atoms with E-state index in [4.69, 9.17) is 5.73 Å². The van der Waals surface area contributed by atoms with Gasteiger partial charge in [-0.25, -0.2) is 0 Å². The molecule has 0 aromatic heterocycles. The Kier molecular flexibility index (Phi) is 14.0. The Balaban J connectivity index is 1.89. The molecule has 0 saturated heterocycles. The first-order valence-corrected chi connectivity index (χ1v) is 15.9. The van der Waals surface area contributed by atoms with Crippen LogP contribution < -0.4 is 5.73 Å². The van der Waals surface area contributed by atoms with Crippen molar-refractivity contribution in [2.75, 3.05) is 6.54 Å². The first-order valence-electron chi connectivity index (χ1n) is 15.9. The highest BCUT2D eigenvalue weighted by Gasteiger charge is 2.38. The summed E-state index contributed by atoms with van der Waals surface area (Å²) in [5.74, 6) is -1.51. The van der Waals surface area contributed by atoms with Gasteiger partial charge >= 0.3 is 0 Å². The summed E-state index contributed by atoms with van der Waals surface area (Å²) in [6, 6.07) is 15.7. The van der Waals surface area contributed by atoms with Crippen LogP contribution in [-0.2, 0) is 27.2 Å². The lowest BCUT2D eigenvalue weighted by atomic mass is 9.89. The van der Waals surface area contributed by atoms with Crippen LogP contribution in [-0.4, -0.2) is 58.6 Å². The van der Waals surface area contributed by atoms with Crippen molar-refractivity contribution in [3.05, 3.63) is 77.0 Å². The second kappa shape index (κ2) is 17.7. The lowest BCUT2D eigenvalue weighted by Gasteiger charge is -2.41. The lowest BCUT2D eigenvalue weighted by Crippen LogP contribution is -2.58. The Morgan fingerprint density at radius 2 is 1.51 bits per heavy atom. The van der Waals surface area contributed by atoms with E-state index in [2.05, 4.69) is 4.99 Å². The molecule has 8 heteroatoms. The summed E-state index contributed by atoms with van der Waals surface area (Å²) < 4.78 is 0. The zero-order valence-electron chi connectivity index (χ0n) is 26.1. The van der Waals surface area contributed by atoms with Gasteiger partial charge in [-0.1, -0.05) is 107 Å². The van der Waals surface area contributed by atoms with Crippen LogP contribution in [0.1, 0.15) is 83.3 Å². The molecule has 2 N–H and O–H groups in total. The molecule has 0 unspecified atom stereocenters. The largest absolute Gasteiger partial charge is 0.756 e. The van der Waals surface area contributed by atoms with E-state index in [0.717, 1.165) is 28.9 Å². The molecule has 0 radical (unpaired) electrons. The van der Waals surface area contributed by atoms with Crippen LogP contribution in [0.5, 0.6) is 0 Å². The molecule has 0 heterocycles. The molecule has 1 aliphatic rings. The summed E-state index contributed by atoms with van der Waals surface area (Å²) in [7, 11) is 0. The van der Waals surface area contributed by atoms with Crippen molar-refractivity contribution < 1.29 is 14.4 Å². The number of amides is 3. The highest BCUT2D eigenvalue weighted by atomic mass is 16.5. The van der Waals surface area contributed by atoms with E-state index in [-0.39, 0.29) is 31.6 Å². The molecule has 0 bridgehead atoms. The van der Waals surface area contributed by atoms with Gasteiger partial charge < -0.3 is 16.0 Å². The second-order valence-electron chi connectivity index (χ2n) is 12.2. The quantitative estimate of drug-likeness (QED) is 0.211. The van der Waals surface area contributed by atoms with Gasteiger partial charge in [-0.05, 0) is 55.1 Å². The predicted octanol–water partition coefficient (Wildman–Crippen LogP) is 5.72. The van der Waals surface area contributed by atoms with Crippen LogP contribution in [0.2, 0.25) is 0 Å². The summed E-state index contributed by atoms with van der Waals surface area (Å²) in [6.07, 6.45) is 8.70. The van der Waals surface area contributed by atoms with E-state index in [1.165, 1.54) is 19.3 Å².